The summed E-state index contributed by atoms with van der Waals surface area (Å²) in [5, 5.41) is 10.4. The smallest absolute Gasteiger partial charge is 0.462 e. The van der Waals surface area contributed by atoms with Crippen LogP contribution < -0.4 is 0 Å². The Morgan fingerprint density at radius 2 is 0.708 bits per heavy atom. The molecule has 0 aliphatic carbocycles. The van der Waals surface area contributed by atoms with Crippen molar-refractivity contribution in [1.29, 1.82) is 0 Å². The number of esters is 4. The van der Waals surface area contributed by atoms with E-state index in [-0.39, 0.29) is 25.7 Å². The maximum atomic E-state index is 12.9. The fourth-order valence-corrected chi connectivity index (χ4v) is 9.13. The van der Waals surface area contributed by atoms with Crippen LogP contribution in [0.1, 0.15) is 247 Å². The summed E-state index contributed by atoms with van der Waals surface area (Å²) in [7, 11) is -9.85. The highest BCUT2D eigenvalue weighted by Crippen LogP contribution is 2.45. The van der Waals surface area contributed by atoms with Crippen molar-refractivity contribution in [2.24, 2.45) is 11.8 Å². The third-order valence-corrected chi connectivity index (χ3v) is 14.2. The molecular formula is C53H102O17P2. The number of aliphatic hydroxyl groups excluding tert-OH is 1. The molecule has 0 amide bonds. The summed E-state index contributed by atoms with van der Waals surface area (Å²) in [6.07, 6.45) is 24.7. The zero-order valence-corrected chi connectivity index (χ0v) is 47.5. The lowest BCUT2D eigenvalue weighted by atomic mass is 9.99. The summed E-state index contributed by atoms with van der Waals surface area (Å²) in [5.74, 6) is -0.699. The molecule has 0 saturated heterocycles. The second-order valence-corrected chi connectivity index (χ2v) is 22.9. The van der Waals surface area contributed by atoms with Gasteiger partial charge in [-0.2, -0.15) is 0 Å². The van der Waals surface area contributed by atoms with E-state index >= 15 is 0 Å². The quantitative estimate of drug-likeness (QED) is 0.0222. The maximum Gasteiger partial charge on any atom is 0.472 e. The molecule has 0 aromatic carbocycles. The number of phosphoric acid groups is 2. The SMILES string of the molecule is CCCCCCCC(=O)OC[C@H](COP(=O)(O)OC[C@H](O)COP(=O)(O)OC[C@@H](COC(=O)CCCCCCCCCC(C)C)OC(=O)CCCCCCCCCCC(C)CC)OC(=O)CCCCCCC. The molecule has 17 nitrogen and oxygen atoms in total. The molecule has 3 N–H and O–H groups in total. The molecule has 19 heteroatoms. The van der Waals surface area contributed by atoms with Gasteiger partial charge in [-0.25, -0.2) is 9.13 Å². The van der Waals surface area contributed by atoms with Crippen molar-refractivity contribution in [3.05, 3.63) is 0 Å². The standard InChI is InChI=1S/C53H102O17P2/c1-7-10-12-21-29-35-50(55)63-41-48(69-52(57)37-31-22-13-11-8-2)43-67-71(59,60)65-39-47(54)40-66-72(61,62)68-44-49(42-64-51(56)36-30-25-20-16-17-23-27-33-45(4)5)70-53(58)38-32-26-19-15-14-18-24-28-34-46(6)9-3/h45-49,54H,7-44H2,1-6H3,(H,59,60)(H,61,62)/t46?,47-,48+,49+/m0/s1. The maximum absolute atomic E-state index is 12.9. The summed E-state index contributed by atoms with van der Waals surface area (Å²) < 4.78 is 67.1. The number of rotatable bonds is 52. The molecule has 0 fully saturated rings. The number of phosphoric ester groups is 2. The Kier molecular flexibility index (Phi) is 45.1. The van der Waals surface area contributed by atoms with Crippen LogP contribution in [0.25, 0.3) is 0 Å². The van der Waals surface area contributed by atoms with E-state index in [0.29, 0.717) is 31.6 Å². The van der Waals surface area contributed by atoms with Crippen molar-refractivity contribution < 1.29 is 80.2 Å². The number of hydrogen-bond acceptors (Lipinski definition) is 15. The average molecular weight is 1070 g/mol. The van der Waals surface area contributed by atoms with Gasteiger partial charge in [-0.3, -0.25) is 37.3 Å². The van der Waals surface area contributed by atoms with Gasteiger partial charge in [0.05, 0.1) is 26.4 Å². The first-order chi connectivity index (χ1) is 34.4. The summed E-state index contributed by atoms with van der Waals surface area (Å²) in [4.78, 5) is 71.2. The van der Waals surface area contributed by atoms with Gasteiger partial charge >= 0.3 is 39.5 Å². The molecule has 0 bridgehead atoms. The van der Waals surface area contributed by atoms with Crippen LogP contribution in [0.4, 0.5) is 0 Å². The minimum atomic E-state index is -4.93. The van der Waals surface area contributed by atoms with E-state index in [0.717, 1.165) is 109 Å². The Bertz CT molecular complexity index is 1450. The summed E-state index contributed by atoms with van der Waals surface area (Å²) >= 11 is 0. The molecule has 0 aliphatic heterocycles. The van der Waals surface area contributed by atoms with Crippen LogP contribution in [0.2, 0.25) is 0 Å². The highest BCUT2D eigenvalue weighted by atomic mass is 31.2. The molecule has 0 aliphatic rings. The fourth-order valence-electron chi connectivity index (χ4n) is 7.55. The normalized spacial score (nSPS) is 15.0. The average Bonchev–Trinajstić information content (AvgIpc) is 3.34. The molecular weight excluding hydrogens is 971 g/mol. The van der Waals surface area contributed by atoms with Crippen LogP contribution in [0, 0.1) is 11.8 Å². The van der Waals surface area contributed by atoms with Gasteiger partial charge in [0.2, 0.25) is 0 Å². The summed E-state index contributed by atoms with van der Waals surface area (Å²) in [6, 6.07) is 0. The molecule has 0 heterocycles. The Morgan fingerprint density at radius 3 is 1.06 bits per heavy atom. The highest BCUT2D eigenvalue weighted by molar-refractivity contribution is 7.47. The van der Waals surface area contributed by atoms with Crippen LogP contribution in [-0.2, 0) is 65.4 Å². The van der Waals surface area contributed by atoms with Crippen LogP contribution >= 0.6 is 15.6 Å². The van der Waals surface area contributed by atoms with E-state index in [1.54, 1.807) is 0 Å². The molecule has 0 aromatic heterocycles. The van der Waals surface area contributed by atoms with Crippen LogP contribution in [0.5, 0.6) is 0 Å². The van der Waals surface area contributed by atoms with E-state index < -0.39 is 97.5 Å². The van der Waals surface area contributed by atoms with Gasteiger partial charge in [-0.15, -0.1) is 0 Å². The van der Waals surface area contributed by atoms with E-state index in [1.165, 1.54) is 51.4 Å². The Morgan fingerprint density at radius 1 is 0.403 bits per heavy atom. The van der Waals surface area contributed by atoms with E-state index in [9.17, 15) is 43.2 Å². The minimum absolute atomic E-state index is 0.0982. The van der Waals surface area contributed by atoms with Gasteiger partial charge in [0.1, 0.15) is 19.3 Å². The van der Waals surface area contributed by atoms with Gasteiger partial charge in [-0.1, -0.05) is 196 Å². The zero-order chi connectivity index (χ0) is 53.7. The predicted octanol–water partition coefficient (Wildman–Crippen LogP) is 13.4. The Balaban J connectivity index is 5.16. The van der Waals surface area contributed by atoms with Gasteiger partial charge < -0.3 is 33.8 Å². The number of unbranched alkanes of at least 4 members (excludes halogenated alkanes) is 21. The van der Waals surface area contributed by atoms with Crippen LogP contribution in [0.15, 0.2) is 0 Å². The number of hydrogen-bond donors (Lipinski definition) is 3. The Labute approximate surface area is 435 Å². The molecule has 426 valence electrons. The first kappa shape index (κ1) is 70.1. The molecule has 3 unspecified atom stereocenters. The van der Waals surface area contributed by atoms with Crippen molar-refractivity contribution in [3.8, 4) is 0 Å². The van der Waals surface area contributed by atoms with E-state index in [2.05, 4.69) is 41.5 Å². The lowest BCUT2D eigenvalue weighted by Gasteiger charge is -2.21. The molecule has 72 heavy (non-hydrogen) atoms. The fraction of sp³-hybridized carbons (Fsp3) is 0.925. The van der Waals surface area contributed by atoms with E-state index in [1.807, 2.05) is 0 Å². The molecule has 0 rings (SSSR count). The lowest BCUT2D eigenvalue weighted by molar-refractivity contribution is -0.161. The third-order valence-electron chi connectivity index (χ3n) is 12.3. The van der Waals surface area contributed by atoms with E-state index in [4.69, 9.17) is 37.0 Å². The van der Waals surface area contributed by atoms with Gasteiger partial charge in [0.25, 0.3) is 0 Å². The van der Waals surface area contributed by atoms with Crippen LogP contribution in [-0.4, -0.2) is 96.7 Å². The summed E-state index contributed by atoms with van der Waals surface area (Å²) in [6.45, 7) is 9.15. The first-order valence-electron chi connectivity index (χ1n) is 28.0. The third kappa shape index (κ3) is 46.6. The van der Waals surface area contributed by atoms with Crippen molar-refractivity contribution in [3.63, 3.8) is 0 Å². The molecule has 0 saturated carbocycles. The van der Waals surface area contributed by atoms with Crippen molar-refractivity contribution in [2.45, 2.75) is 265 Å². The minimum Gasteiger partial charge on any atom is -0.462 e. The number of ether oxygens (including phenoxy) is 4. The first-order valence-corrected chi connectivity index (χ1v) is 31.0. The van der Waals surface area contributed by atoms with Crippen LogP contribution in [0.3, 0.4) is 0 Å². The number of aliphatic hydroxyl groups is 1. The van der Waals surface area contributed by atoms with Gasteiger partial charge in [-0.05, 0) is 37.5 Å². The largest absolute Gasteiger partial charge is 0.472 e. The van der Waals surface area contributed by atoms with Crippen molar-refractivity contribution in [1.82, 2.24) is 0 Å². The number of carbonyl (C=O) groups is 4. The molecule has 0 radical (unpaired) electrons. The zero-order valence-electron chi connectivity index (χ0n) is 45.7. The topological polar surface area (TPSA) is 237 Å². The second kappa shape index (κ2) is 46.4. The lowest BCUT2D eigenvalue weighted by Crippen LogP contribution is -2.30. The number of carbonyl (C=O) groups excluding carboxylic acids is 4. The van der Waals surface area contributed by atoms with Crippen molar-refractivity contribution in [2.75, 3.05) is 39.6 Å². The molecule has 0 spiro atoms. The molecule has 0 aromatic rings. The van der Waals surface area contributed by atoms with Crippen molar-refractivity contribution >= 4 is 39.5 Å². The predicted molar refractivity (Wildman–Crippen MR) is 280 cm³/mol. The monoisotopic (exact) mass is 1070 g/mol. The summed E-state index contributed by atoms with van der Waals surface area (Å²) in [5.41, 5.74) is 0. The van der Waals surface area contributed by atoms with Gasteiger partial charge in [0.15, 0.2) is 12.2 Å². The Hall–Kier alpha value is -1.94. The highest BCUT2D eigenvalue weighted by Gasteiger charge is 2.30. The van der Waals surface area contributed by atoms with Gasteiger partial charge in [0, 0.05) is 25.7 Å². The second-order valence-electron chi connectivity index (χ2n) is 20.0. The molecule has 6 atom stereocenters.